The van der Waals surface area contributed by atoms with Crippen LogP contribution in [0.4, 0.5) is 4.79 Å². The van der Waals surface area contributed by atoms with Crippen LogP contribution in [-0.2, 0) is 42.8 Å². The van der Waals surface area contributed by atoms with E-state index >= 15 is 0 Å². The van der Waals surface area contributed by atoms with Crippen molar-refractivity contribution in [3.63, 3.8) is 0 Å². The first kappa shape index (κ1) is 36.7. The lowest BCUT2D eigenvalue weighted by Crippen LogP contribution is -2.47. The predicted octanol–water partition coefficient (Wildman–Crippen LogP) is 3.01. The number of carbonyl (C=O) groups is 4. The quantitative estimate of drug-likeness (QED) is 0.307. The highest BCUT2D eigenvalue weighted by molar-refractivity contribution is 8.04. The number of hydrogen-bond acceptors (Lipinski definition) is 11. The van der Waals surface area contributed by atoms with Crippen molar-refractivity contribution in [1.29, 1.82) is 0 Å². The lowest BCUT2D eigenvalue weighted by molar-refractivity contribution is -0.121. The number of rotatable bonds is 7. The fraction of sp³-hybridized carbons (Fsp3) is 0.625. The molecule has 13 heteroatoms. The van der Waals surface area contributed by atoms with Crippen LogP contribution in [0.2, 0.25) is 0 Å². The summed E-state index contributed by atoms with van der Waals surface area (Å²) in [6, 6.07) is 0. The number of epoxide rings is 1. The van der Waals surface area contributed by atoms with Crippen molar-refractivity contribution in [3.05, 3.63) is 46.1 Å². The third kappa shape index (κ3) is 7.95. The molecule has 12 nitrogen and oxygen atoms in total. The number of fused-ring (bicyclic) bond motifs is 3. The monoisotopic (exact) mass is 650 g/mol. The summed E-state index contributed by atoms with van der Waals surface area (Å²) in [6.07, 6.45) is 1.51. The zero-order chi connectivity index (χ0) is 33.6. The molecule has 2 aliphatic heterocycles. The Labute approximate surface area is 269 Å². The number of carbonyl (C=O) groups excluding carboxylic acids is 4. The topological polar surface area (TPSA) is 165 Å². The summed E-state index contributed by atoms with van der Waals surface area (Å²) in [7, 11) is 6.07. The van der Waals surface area contributed by atoms with Gasteiger partial charge in [0.2, 0.25) is 5.78 Å². The van der Waals surface area contributed by atoms with Gasteiger partial charge in [-0.15, -0.1) is 11.8 Å². The minimum atomic E-state index is -0.991. The molecule has 250 valence electrons. The molecule has 2 heterocycles. The van der Waals surface area contributed by atoms with Gasteiger partial charge < -0.3 is 39.5 Å². The number of thioether (sulfide) groups is 1. The lowest BCUT2D eigenvalue weighted by Gasteiger charge is -2.34. The second kappa shape index (κ2) is 15.7. The Kier molecular flexibility index (Phi) is 12.8. The molecular formula is C32H46N2O10S. The number of ether oxygens (including phenoxy) is 6. The van der Waals surface area contributed by atoms with Crippen molar-refractivity contribution in [2.75, 3.05) is 34.2 Å². The van der Waals surface area contributed by atoms with Crippen molar-refractivity contribution < 1.29 is 47.6 Å². The molecule has 0 saturated carbocycles. The fourth-order valence-corrected chi connectivity index (χ4v) is 7.06. The molecule has 1 aliphatic carbocycles. The molecule has 0 spiro atoms. The maximum Gasteiger partial charge on any atom is 0.404 e. The van der Waals surface area contributed by atoms with Crippen LogP contribution in [0.25, 0.3) is 0 Å². The van der Waals surface area contributed by atoms with Gasteiger partial charge in [-0.25, -0.2) is 4.79 Å². The number of allylic oxidation sites excluding steroid dienone is 5. The normalized spacial score (nSPS) is 36.8. The number of methoxy groups -OCH3 is 4. The van der Waals surface area contributed by atoms with Crippen LogP contribution in [0, 0.1) is 11.8 Å². The number of primary amides is 1. The van der Waals surface area contributed by atoms with E-state index in [9.17, 15) is 19.2 Å². The maximum absolute atomic E-state index is 13.9. The van der Waals surface area contributed by atoms with Gasteiger partial charge in [0.25, 0.3) is 5.91 Å². The van der Waals surface area contributed by atoms with E-state index in [1.54, 1.807) is 33.3 Å². The molecule has 0 radical (unpaired) electrons. The maximum atomic E-state index is 13.9. The van der Waals surface area contributed by atoms with Crippen molar-refractivity contribution in [1.82, 2.24) is 5.32 Å². The van der Waals surface area contributed by atoms with Gasteiger partial charge >= 0.3 is 6.09 Å². The van der Waals surface area contributed by atoms with Crippen molar-refractivity contribution >= 4 is 35.3 Å². The lowest BCUT2D eigenvalue weighted by atomic mass is 9.81. The number of hydrogen-bond donors (Lipinski definition) is 2. The van der Waals surface area contributed by atoms with Gasteiger partial charge in [0, 0.05) is 45.5 Å². The zero-order valence-electron chi connectivity index (χ0n) is 27.4. The summed E-state index contributed by atoms with van der Waals surface area (Å²) in [4.78, 5) is 52.7. The molecule has 0 aromatic carbocycles. The molecule has 1 fully saturated rings. The molecular weight excluding hydrogens is 604 g/mol. The third-order valence-electron chi connectivity index (χ3n) is 8.64. The van der Waals surface area contributed by atoms with Crippen LogP contribution in [0.3, 0.4) is 0 Å². The predicted molar refractivity (Wildman–Crippen MR) is 168 cm³/mol. The van der Waals surface area contributed by atoms with Crippen LogP contribution in [0.5, 0.6) is 0 Å². The molecule has 2 bridgehead atoms. The van der Waals surface area contributed by atoms with Crippen molar-refractivity contribution in [2.24, 2.45) is 17.6 Å². The van der Waals surface area contributed by atoms with Crippen LogP contribution in [0.15, 0.2) is 46.1 Å². The summed E-state index contributed by atoms with van der Waals surface area (Å²) >= 11 is 1.18. The molecule has 0 aromatic rings. The van der Waals surface area contributed by atoms with E-state index in [4.69, 9.17) is 34.2 Å². The summed E-state index contributed by atoms with van der Waals surface area (Å²) in [5.41, 5.74) is 4.79. The Hall–Kier alpha value is -2.81. The zero-order valence-corrected chi connectivity index (χ0v) is 28.2. The second-order valence-corrected chi connectivity index (χ2v) is 12.9. The highest BCUT2D eigenvalue weighted by Gasteiger charge is 2.64. The number of nitrogens with one attached hydrogen (secondary N) is 1. The van der Waals surface area contributed by atoms with Gasteiger partial charge in [-0.1, -0.05) is 39.0 Å². The number of amides is 2. The summed E-state index contributed by atoms with van der Waals surface area (Å²) in [6.45, 7) is 9.08. The molecule has 1 saturated heterocycles. The Morgan fingerprint density at radius 1 is 1.11 bits per heavy atom. The van der Waals surface area contributed by atoms with E-state index in [2.05, 4.69) is 5.32 Å². The Bertz CT molecular complexity index is 1280. The third-order valence-corrected chi connectivity index (χ3v) is 9.63. The molecule has 45 heavy (non-hydrogen) atoms. The highest BCUT2D eigenvalue weighted by Crippen LogP contribution is 2.48. The van der Waals surface area contributed by atoms with E-state index in [1.165, 1.54) is 38.1 Å². The minimum absolute atomic E-state index is 0.0835. The van der Waals surface area contributed by atoms with Crippen LogP contribution < -0.4 is 11.1 Å². The highest BCUT2D eigenvalue weighted by atomic mass is 32.2. The number of Topliss-reactive ketones (excluding diaryl/α,β-unsaturated/α-hetero) is 1. The molecule has 9 atom stereocenters. The van der Waals surface area contributed by atoms with Gasteiger partial charge in [-0.05, 0) is 38.0 Å². The first-order valence-corrected chi connectivity index (χ1v) is 15.9. The Morgan fingerprint density at radius 2 is 1.80 bits per heavy atom. The summed E-state index contributed by atoms with van der Waals surface area (Å²) in [5.74, 6) is -1.51. The molecule has 0 aromatic heterocycles. The number of nitrogens with two attached hydrogens (primary N) is 1. The molecule has 3 N–H and O–H groups in total. The van der Waals surface area contributed by atoms with E-state index in [-0.39, 0.29) is 39.4 Å². The average molecular weight is 651 g/mol. The van der Waals surface area contributed by atoms with E-state index < -0.39 is 60.0 Å². The largest absolute Gasteiger partial charge is 0.440 e. The van der Waals surface area contributed by atoms with Crippen molar-refractivity contribution in [3.8, 4) is 0 Å². The first-order chi connectivity index (χ1) is 21.3. The standard InChI is InChI=1S/C32H46N2O10S/c1-10-45-27-20(35)15-19-24(36)23(27)34-30(37)16(2)12-11-13-21(39-6)29(43-31(33)38)32(5)28(44-32)18(4)26(42-9)22(40-7)14-17(3)25(19)41-8/h11-13,15,17-18,21-22,25-26,28-29H,10,14H2,1-9H3,(H2,33,38)(H,34,37)/b13-11-,16-12+/t17-,18+,21?,22-,25+,26+,28?,29+,32?/m0/s1. The van der Waals surface area contributed by atoms with Crippen LogP contribution in [0.1, 0.15) is 41.0 Å². The summed E-state index contributed by atoms with van der Waals surface area (Å²) in [5, 5.41) is 2.68. The van der Waals surface area contributed by atoms with Gasteiger partial charge in [0.15, 0.2) is 11.9 Å². The molecule has 3 rings (SSSR count). The van der Waals surface area contributed by atoms with Gasteiger partial charge in [-0.3, -0.25) is 14.4 Å². The van der Waals surface area contributed by atoms with Crippen LogP contribution in [-0.4, -0.2) is 100.0 Å². The molecule has 3 unspecified atom stereocenters. The van der Waals surface area contributed by atoms with Gasteiger partial charge in [0.05, 0.1) is 29.3 Å². The van der Waals surface area contributed by atoms with Gasteiger partial charge in [-0.2, -0.15) is 0 Å². The number of ketones is 2. The van der Waals surface area contributed by atoms with E-state index in [0.717, 1.165) is 0 Å². The smallest absolute Gasteiger partial charge is 0.404 e. The SMILES string of the molecule is CCSC1=C2NC(=O)/C(C)=C/C=C\C(OC)[C@@H](OC(N)=O)C3(C)OC3[C@H](C)[C@@H](OC)[C@@H](OC)C[C@H](C)[C@@H](OC)C(=CC1=O)C2=O. The van der Waals surface area contributed by atoms with Gasteiger partial charge in [0.1, 0.15) is 17.4 Å². The Morgan fingerprint density at radius 3 is 2.36 bits per heavy atom. The molecule has 3 aliphatic rings. The minimum Gasteiger partial charge on any atom is -0.440 e. The average Bonchev–Trinajstić information content (AvgIpc) is 3.69. The van der Waals surface area contributed by atoms with E-state index in [1.807, 2.05) is 27.7 Å². The van der Waals surface area contributed by atoms with E-state index in [0.29, 0.717) is 12.2 Å². The van der Waals surface area contributed by atoms with Crippen molar-refractivity contribution in [2.45, 2.75) is 83.3 Å². The summed E-state index contributed by atoms with van der Waals surface area (Å²) < 4.78 is 35.1. The Balaban J connectivity index is 2.15. The first-order valence-electron chi connectivity index (χ1n) is 14.9. The second-order valence-electron chi connectivity index (χ2n) is 11.6. The fourth-order valence-electron chi connectivity index (χ4n) is 6.29. The molecule has 2 amide bonds. The van der Waals surface area contributed by atoms with Crippen LogP contribution >= 0.6 is 11.8 Å².